The van der Waals surface area contributed by atoms with Crippen LogP contribution in [0.3, 0.4) is 0 Å². The van der Waals surface area contributed by atoms with E-state index in [1.54, 1.807) is 0 Å². The third-order valence-electron chi connectivity index (χ3n) is 11.2. The molecule has 1 unspecified atom stereocenters. The van der Waals surface area contributed by atoms with Gasteiger partial charge in [-0.2, -0.15) is 0 Å². The van der Waals surface area contributed by atoms with Gasteiger partial charge < -0.3 is 9.32 Å². The number of allylic oxidation sites excluding steroid dienone is 4. The number of fused-ring (bicyclic) bond motifs is 11. The summed E-state index contributed by atoms with van der Waals surface area (Å²) in [6, 6.07) is 57.2. The van der Waals surface area contributed by atoms with Gasteiger partial charge >= 0.3 is 0 Å². The van der Waals surface area contributed by atoms with Crippen LogP contribution in [0.4, 0.5) is 11.4 Å². The molecule has 9 aromatic rings. The van der Waals surface area contributed by atoms with E-state index in [9.17, 15) is 0 Å². The second-order valence-electron chi connectivity index (χ2n) is 14.0. The summed E-state index contributed by atoms with van der Waals surface area (Å²) in [5.41, 5.74) is 11.5. The van der Waals surface area contributed by atoms with Crippen LogP contribution >= 0.6 is 0 Å². The third kappa shape index (κ3) is 4.44. The van der Waals surface area contributed by atoms with Crippen LogP contribution in [0.15, 0.2) is 192 Å². The zero-order chi connectivity index (χ0) is 34.2. The highest BCUT2D eigenvalue weighted by atomic mass is 16.3. The predicted molar refractivity (Wildman–Crippen MR) is 219 cm³/mol. The van der Waals surface area contributed by atoms with Crippen LogP contribution in [0.25, 0.3) is 71.5 Å². The lowest BCUT2D eigenvalue weighted by atomic mass is 9.78. The molecule has 0 radical (unpaired) electrons. The number of para-hydroxylation sites is 2. The second kappa shape index (κ2) is 11.4. The molecule has 1 atom stereocenters. The lowest BCUT2D eigenvalue weighted by Gasteiger charge is -2.33. The first-order valence-electron chi connectivity index (χ1n) is 18.1. The van der Waals surface area contributed by atoms with Gasteiger partial charge in [0.2, 0.25) is 0 Å². The predicted octanol–water partition coefficient (Wildman–Crippen LogP) is 13.9. The van der Waals surface area contributed by atoms with E-state index >= 15 is 0 Å². The molecule has 1 aromatic heterocycles. The van der Waals surface area contributed by atoms with Crippen molar-refractivity contribution in [3.05, 3.63) is 198 Å². The van der Waals surface area contributed by atoms with Crippen molar-refractivity contribution in [1.29, 1.82) is 0 Å². The van der Waals surface area contributed by atoms with Gasteiger partial charge in [0, 0.05) is 44.6 Å². The van der Waals surface area contributed by atoms with E-state index in [1.807, 2.05) is 0 Å². The number of rotatable bonds is 4. The van der Waals surface area contributed by atoms with E-state index in [-0.39, 0.29) is 0 Å². The van der Waals surface area contributed by atoms with Crippen molar-refractivity contribution < 1.29 is 4.42 Å². The number of nitrogens with zero attached hydrogens (tertiary/aromatic N) is 1. The number of anilines is 2. The quantitative estimate of drug-likeness (QED) is 0.174. The monoisotopic (exact) mass is 663 g/mol. The minimum absolute atomic E-state index is 0.351. The highest BCUT2D eigenvalue weighted by Crippen LogP contribution is 2.47. The Hall–Kier alpha value is -6.64. The average molecular weight is 664 g/mol. The summed E-state index contributed by atoms with van der Waals surface area (Å²) in [5, 5.41) is 9.60. The minimum atomic E-state index is 0.351. The number of furan rings is 1. The number of hydrogen-bond acceptors (Lipinski definition) is 2. The molecule has 0 aliphatic heterocycles. The molecule has 1 heterocycles. The van der Waals surface area contributed by atoms with Crippen LogP contribution < -0.4 is 4.90 Å². The molecule has 0 bridgehead atoms. The number of benzene rings is 8. The zero-order valence-corrected chi connectivity index (χ0v) is 28.5. The summed E-state index contributed by atoms with van der Waals surface area (Å²) in [7, 11) is 0. The van der Waals surface area contributed by atoms with Crippen LogP contribution in [0.2, 0.25) is 0 Å². The molecule has 2 aliphatic carbocycles. The first-order valence-corrected chi connectivity index (χ1v) is 18.1. The molecule has 0 saturated heterocycles. The molecule has 0 amide bonds. The summed E-state index contributed by atoms with van der Waals surface area (Å²) in [4.78, 5) is 2.46. The first-order chi connectivity index (χ1) is 25.8. The summed E-state index contributed by atoms with van der Waals surface area (Å²) < 4.78 is 6.89. The second-order valence-corrected chi connectivity index (χ2v) is 14.0. The molecule has 2 nitrogen and oxygen atoms in total. The summed E-state index contributed by atoms with van der Waals surface area (Å²) >= 11 is 0. The Labute approximate surface area is 301 Å². The average Bonchev–Trinajstić information content (AvgIpc) is 3.61. The smallest absolute Gasteiger partial charge is 0.143 e. The molecule has 0 saturated carbocycles. The van der Waals surface area contributed by atoms with E-state index in [0.717, 1.165) is 56.2 Å². The van der Waals surface area contributed by atoms with Gasteiger partial charge in [0.1, 0.15) is 11.2 Å². The standard InChI is InChI=1S/C50H33NO/c1-4-13-39-32(10-1)20-22-35-30-37(25-28-41(35)39)51(38-26-29-42-36(31-38)23-21-33-11-2-5-14-40(33)42)48-19-8-7-16-44(48)45-17-9-18-46-47-27-24-34-12-3-6-15-43(34)49(47)52-50(45)46/h1-28,30-31,42H,29H2. The topological polar surface area (TPSA) is 16.4 Å². The molecular weight excluding hydrogens is 631 g/mol. The van der Waals surface area contributed by atoms with Crippen molar-refractivity contribution in [2.45, 2.75) is 12.3 Å². The van der Waals surface area contributed by atoms with Crippen molar-refractivity contribution in [3.8, 4) is 11.1 Å². The van der Waals surface area contributed by atoms with Gasteiger partial charge in [0.15, 0.2) is 0 Å². The van der Waals surface area contributed by atoms with Crippen LogP contribution in [-0.2, 0) is 0 Å². The normalized spacial score (nSPS) is 15.2. The van der Waals surface area contributed by atoms with Gasteiger partial charge in [-0.3, -0.25) is 0 Å². The van der Waals surface area contributed by atoms with E-state index in [4.69, 9.17) is 4.42 Å². The Morgan fingerprint density at radius 3 is 2.12 bits per heavy atom. The maximum Gasteiger partial charge on any atom is 0.143 e. The van der Waals surface area contributed by atoms with Gasteiger partial charge in [-0.15, -0.1) is 0 Å². The van der Waals surface area contributed by atoms with Crippen LogP contribution in [0.1, 0.15) is 23.5 Å². The summed E-state index contributed by atoms with van der Waals surface area (Å²) in [6.07, 6.45) is 10.4. The SMILES string of the molecule is C1=Cc2ccccc2C2CC=C(N(c3ccc4c(ccc5ccccc54)c3)c3ccccc3-c3cccc4c3oc3c5ccccc5ccc43)C=C12. The van der Waals surface area contributed by atoms with E-state index in [1.165, 1.54) is 49.3 Å². The molecule has 0 spiro atoms. The Balaban J connectivity index is 1.13. The number of hydrogen-bond donors (Lipinski definition) is 0. The molecule has 11 rings (SSSR count). The van der Waals surface area contributed by atoms with Crippen LogP contribution in [0, 0.1) is 0 Å². The zero-order valence-electron chi connectivity index (χ0n) is 28.5. The minimum Gasteiger partial charge on any atom is -0.455 e. The molecule has 2 aliphatic rings. The van der Waals surface area contributed by atoms with Crippen LogP contribution in [-0.4, -0.2) is 0 Å². The highest BCUT2D eigenvalue weighted by molar-refractivity contribution is 6.17. The lowest BCUT2D eigenvalue weighted by molar-refractivity contribution is 0.674. The molecular formula is C50H33NO. The Bertz CT molecular complexity index is 3010. The molecule has 0 fully saturated rings. The van der Waals surface area contributed by atoms with Crippen molar-refractivity contribution >= 4 is 71.7 Å². The maximum absolute atomic E-state index is 6.89. The van der Waals surface area contributed by atoms with E-state index in [0.29, 0.717) is 5.92 Å². The van der Waals surface area contributed by atoms with Crippen molar-refractivity contribution in [1.82, 2.24) is 0 Å². The van der Waals surface area contributed by atoms with Crippen molar-refractivity contribution in [2.24, 2.45) is 0 Å². The Morgan fingerprint density at radius 1 is 0.500 bits per heavy atom. The van der Waals surface area contributed by atoms with Gasteiger partial charge in [0.05, 0.1) is 5.69 Å². The Kier molecular flexibility index (Phi) is 6.41. The van der Waals surface area contributed by atoms with Crippen molar-refractivity contribution in [3.63, 3.8) is 0 Å². The molecule has 8 aromatic carbocycles. The molecule has 244 valence electrons. The van der Waals surface area contributed by atoms with E-state index < -0.39 is 0 Å². The third-order valence-corrected chi connectivity index (χ3v) is 11.2. The summed E-state index contributed by atoms with van der Waals surface area (Å²) in [5.74, 6) is 0.351. The lowest BCUT2D eigenvalue weighted by Crippen LogP contribution is -2.20. The first kappa shape index (κ1) is 29.1. The molecule has 2 heteroatoms. The molecule has 52 heavy (non-hydrogen) atoms. The largest absolute Gasteiger partial charge is 0.455 e. The highest BCUT2D eigenvalue weighted by Gasteiger charge is 2.27. The maximum atomic E-state index is 6.89. The Morgan fingerprint density at radius 2 is 1.17 bits per heavy atom. The van der Waals surface area contributed by atoms with Gasteiger partial charge in [-0.05, 0) is 80.4 Å². The van der Waals surface area contributed by atoms with E-state index in [2.05, 4.69) is 187 Å². The fourth-order valence-electron chi connectivity index (χ4n) is 8.70. The molecule has 0 N–H and O–H groups in total. The van der Waals surface area contributed by atoms with Gasteiger partial charge in [-0.1, -0.05) is 152 Å². The van der Waals surface area contributed by atoms with Crippen LogP contribution in [0.5, 0.6) is 0 Å². The fraction of sp³-hybridized carbons (Fsp3) is 0.0400. The van der Waals surface area contributed by atoms with Gasteiger partial charge in [-0.25, -0.2) is 0 Å². The summed E-state index contributed by atoms with van der Waals surface area (Å²) in [6.45, 7) is 0. The van der Waals surface area contributed by atoms with Gasteiger partial charge in [0.25, 0.3) is 0 Å². The van der Waals surface area contributed by atoms with Crippen molar-refractivity contribution in [2.75, 3.05) is 4.90 Å². The fourth-order valence-corrected chi connectivity index (χ4v) is 8.70.